The number of pyridine rings is 1. The van der Waals surface area contributed by atoms with Gasteiger partial charge in [-0.25, -0.2) is 19.2 Å². The number of carbonyl (C=O) groups excluding carboxylic acids is 2. The topological polar surface area (TPSA) is 126 Å². The van der Waals surface area contributed by atoms with Crippen LogP contribution in [0.5, 0.6) is 0 Å². The minimum absolute atomic E-state index is 0.130. The van der Waals surface area contributed by atoms with Gasteiger partial charge in [0.1, 0.15) is 18.0 Å². The van der Waals surface area contributed by atoms with Crippen LogP contribution in [-0.4, -0.2) is 37.4 Å². The Hall–Kier alpha value is -4.86. The van der Waals surface area contributed by atoms with E-state index in [-0.39, 0.29) is 16.9 Å². The highest BCUT2D eigenvalue weighted by Crippen LogP contribution is 2.29. The highest BCUT2D eigenvalue weighted by atomic mass is 19.1. The lowest BCUT2D eigenvalue weighted by atomic mass is 10.0. The van der Waals surface area contributed by atoms with Crippen molar-refractivity contribution in [1.82, 2.24) is 14.5 Å². The number of ketones is 1. The Labute approximate surface area is 192 Å². The number of hydrogen-bond donors (Lipinski definition) is 3. The number of carboxylic acid groups (broad SMARTS) is 1. The summed E-state index contributed by atoms with van der Waals surface area (Å²) in [6.07, 6.45) is 4.46. The molecule has 4 aromatic rings. The SMILES string of the molecule is O=C(O)Nc1ccc(-c2ccc(F)cc2)cc1NC(=O)CC(=O)c1ccnc(-n2ccnc2)c1. The van der Waals surface area contributed by atoms with E-state index >= 15 is 0 Å². The Morgan fingerprint density at radius 3 is 2.38 bits per heavy atom. The molecule has 10 heteroatoms. The number of nitrogens with zero attached hydrogens (tertiary/aromatic N) is 3. The highest BCUT2D eigenvalue weighted by molar-refractivity contribution is 6.12. The average Bonchev–Trinajstić information content (AvgIpc) is 3.36. The molecule has 0 fully saturated rings. The van der Waals surface area contributed by atoms with E-state index in [1.807, 2.05) is 0 Å². The van der Waals surface area contributed by atoms with Crippen molar-refractivity contribution in [2.45, 2.75) is 6.42 Å². The smallest absolute Gasteiger partial charge is 0.409 e. The maximum absolute atomic E-state index is 13.3. The van der Waals surface area contributed by atoms with Crippen LogP contribution in [0.4, 0.5) is 20.6 Å². The molecule has 9 nitrogen and oxygen atoms in total. The van der Waals surface area contributed by atoms with Gasteiger partial charge < -0.3 is 10.4 Å². The monoisotopic (exact) mass is 459 g/mol. The van der Waals surface area contributed by atoms with Gasteiger partial charge in [-0.2, -0.15) is 0 Å². The Bertz CT molecular complexity index is 1350. The highest BCUT2D eigenvalue weighted by Gasteiger charge is 2.16. The van der Waals surface area contributed by atoms with E-state index in [1.54, 1.807) is 47.3 Å². The minimum Gasteiger partial charge on any atom is -0.465 e. The van der Waals surface area contributed by atoms with Crippen molar-refractivity contribution < 1.29 is 23.9 Å². The average molecular weight is 459 g/mol. The zero-order valence-corrected chi connectivity index (χ0v) is 17.6. The fourth-order valence-corrected chi connectivity index (χ4v) is 3.26. The van der Waals surface area contributed by atoms with Gasteiger partial charge in [0.25, 0.3) is 0 Å². The van der Waals surface area contributed by atoms with E-state index in [4.69, 9.17) is 5.11 Å². The summed E-state index contributed by atoms with van der Waals surface area (Å²) in [5, 5.41) is 13.9. The van der Waals surface area contributed by atoms with Crippen LogP contribution in [0.15, 0.2) is 79.5 Å². The predicted octanol–water partition coefficient (Wildman–Crippen LogP) is 4.37. The lowest BCUT2D eigenvalue weighted by molar-refractivity contribution is -0.115. The quantitative estimate of drug-likeness (QED) is 0.278. The molecular formula is C24H18FN5O4. The normalized spacial score (nSPS) is 10.5. The minimum atomic E-state index is -1.31. The molecule has 0 unspecified atom stereocenters. The molecule has 4 rings (SSSR count). The number of amides is 2. The second kappa shape index (κ2) is 9.74. The zero-order chi connectivity index (χ0) is 24.1. The molecule has 0 saturated heterocycles. The lowest BCUT2D eigenvalue weighted by Gasteiger charge is -2.13. The fourth-order valence-electron chi connectivity index (χ4n) is 3.26. The van der Waals surface area contributed by atoms with Gasteiger partial charge in [-0.05, 0) is 47.5 Å². The fraction of sp³-hybridized carbons (Fsp3) is 0.0417. The maximum atomic E-state index is 13.3. The van der Waals surface area contributed by atoms with Crippen molar-refractivity contribution in [2.75, 3.05) is 10.6 Å². The summed E-state index contributed by atoms with van der Waals surface area (Å²) in [6, 6.07) is 13.4. The van der Waals surface area contributed by atoms with Crippen molar-refractivity contribution in [1.29, 1.82) is 0 Å². The van der Waals surface area contributed by atoms with Crippen LogP contribution in [0.3, 0.4) is 0 Å². The molecule has 2 aromatic carbocycles. The number of halogens is 1. The Kier molecular flexibility index (Phi) is 6.40. The standard InChI is InChI=1S/C24H18FN5O4/c25-18-4-1-15(2-5-18)16-3-6-19(29-24(33)34)20(11-16)28-23(32)13-21(31)17-7-8-27-22(12-17)30-10-9-26-14-30/h1-12,14,29H,13H2,(H,28,32)(H,33,34). The van der Waals surface area contributed by atoms with Gasteiger partial charge in [0.2, 0.25) is 5.91 Å². The van der Waals surface area contributed by atoms with Gasteiger partial charge >= 0.3 is 6.09 Å². The number of imidazole rings is 1. The molecule has 0 radical (unpaired) electrons. The van der Waals surface area contributed by atoms with Gasteiger partial charge in [0.15, 0.2) is 5.78 Å². The van der Waals surface area contributed by atoms with Crippen LogP contribution >= 0.6 is 0 Å². The van der Waals surface area contributed by atoms with E-state index < -0.39 is 30.0 Å². The molecule has 0 aliphatic rings. The Morgan fingerprint density at radius 1 is 0.912 bits per heavy atom. The van der Waals surface area contributed by atoms with Crippen LogP contribution < -0.4 is 10.6 Å². The number of benzene rings is 2. The summed E-state index contributed by atoms with van der Waals surface area (Å²) >= 11 is 0. The van der Waals surface area contributed by atoms with Gasteiger partial charge in [-0.1, -0.05) is 18.2 Å². The second-order valence-electron chi connectivity index (χ2n) is 7.22. The molecule has 0 bridgehead atoms. The third kappa shape index (κ3) is 5.30. The first-order chi connectivity index (χ1) is 16.4. The number of rotatable bonds is 7. The van der Waals surface area contributed by atoms with Crippen LogP contribution in [0.25, 0.3) is 16.9 Å². The molecule has 0 aliphatic heterocycles. The zero-order valence-electron chi connectivity index (χ0n) is 17.6. The molecule has 3 N–H and O–H groups in total. The van der Waals surface area contributed by atoms with E-state index in [9.17, 15) is 18.8 Å². The third-order valence-electron chi connectivity index (χ3n) is 4.87. The molecule has 170 valence electrons. The molecule has 2 heterocycles. The van der Waals surface area contributed by atoms with Crippen LogP contribution in [0.2, 0.25) is 0 Å². The van der Waals surface area contributed by atoms with Crippen LogP contribution in [0, 0.1) is 5.82 Å². The summed E-state index contributed by atoms with van der Waals surface area (Å²) in [6.45, 7) is 0. The summed E-state index contributed by atoms with van der Waals surface area (Å²) in [4.78, 5) is 44.6. The number of anilines is 2. The number of Topliss-reactive ketones (excluding diaryl/α,β-unsaturated/α-hetero) is 1. The van der Waals surface area contributed by atoms with E-state index in [1.165, 1.54) is 36.8 Å². The number of carbonyl (C=O) groups is 3. The van der Waals surface area contributed by atoms with Gasteiger partial charge in [0, 0.05) is 24.2 Å². The largest absolute Gasteiger partial charge is 0.465 e. The molecular weight excluding hydrogens is 441 g/mol. The third-order valence-corrected chi connectivity index (χ3v) is 4.87. The number of aromatic nitrogens is 3. The van der Waals surface area contributed by atoms with E-state index in [0.29, 0.717) is 16.9 Å². The molecule has 2 amide bonds. The summed E-state index contributed by atoms with van der Waals surface area (Å²) < 4.78 is 14.9. The number of nitrogens with one attached hydrogen (secondary N) is 2. The van der Waals surface area contributed by atoms with Crippen molar-refractivity contribution in [3.05, 3.63) is 90.9 Å². The first kappa shape index (κ1) is 22.3. The first-order valence-electron chi connectivity index (χ1n) is 10.1. The molecule has 34 heavy (non-hydrogen) atoms. The Balaban J connectivity index is 1.53. The molecule has 0 atom stereocenters. The van der Waals surface area contributed by atoms with Crippen molar-refractivity contribution in [2.24, 2.45) is 0 Å². The second-order valence-corrected chi connectivity index (χ2v) is 7.22. The summed E-state index contributed by atoms with van der Waals surface area (Å²) in [7, 11) is 0. The molecule has 2 aromatic heterocycles. The lowest BCUT2D eigenvalue weighted by Crippen LogP contribution is -2.18. The van der Waals surface area contributed by atoms with Crippen molar-refractivity contribution in [3.63, 3.8) is 0 Å². The number of hydrogen-bond acceptors (Lipinski definition) is 5. The molecule has 0 aliphatic carbocycles. The van der Waals surface area contributed by atoms with E-state index in [2.05, 4.69) is 20.6 Å². The van der Waals surface area contributed by atoms with E-state index in [0.717, 1.165) is 0 Å². The van der Waals surface area contributed by atoms with Gasteiger partial charge in [0.05, 0.1) is 17.8 Å². The van der Waals surface area contributed by atoms with Crippen LogP contribution in [0.1, 0.15) is 16.8 Å². The maximum Gasteiger partial charge on any atom is 0.409 e. The Morgan fingerprint density at radius 2 is 1.68 bits per heavy atom. The van der Waals surface area contributed by atoms with Gasteiger partial charge in [-0.15, -0.1) is 0 Å². The summed E-state index contributed by atoms with van der Waals surface area (Å²) in [5.74, 6) is -0.990. The van der Waals surface area contributed by atoms with Crippen molar-refractivity contribution >= 4 is 29.2 Å². The van der Waals surface area contributed by atoms with Gasteiger partial charge in [-0.3, -0.25) is 19.5 Å². The first-order valence-corrected chi connectivity index (χ1v) is 10.1. The summed E-state index contributed by atoms with van der Waals surface area (Å²) in [5.41, 5.74) is 1.87. The van der Waals surface area contributed by atoms with Crippen LogP contribution in [-0.2, 0) is 4.79 Å². The van der Waals surface area contributed by atoms with Crippen molar-refractivity contribution in [3.8, 4) is 16.9 Å². The molecule has 0 saturated carbocycles. The predicted molar refractivity (Wildman–Crippen MR) is 122 cm³/mol. The molecule has 0 spiro atoms.